The van der Waals surface area contributed by atoms with Crippen LogP contribution in [-0.4, -0.2) is 71.5 Å². The number of hydrogen-bond acceptors (Lipinski definition) is 6. The molecule has 0 spiro atoms. The Morgan fingerprint density at radius 1 is 1.14 bits per heavy atom. The number of nitrogens with zero attached hydrogens (tertiary/aromatic N) is 4. The minimum atomic E-state index is 0.167. The third kappa shape index (κ3) is 3.74. The number of likely N-dealkylation sites (N-methyl/N-ethyl adjacent to an activating group) is 1. The molecule has 1 aliphatic heterocycles. The van der Waals surface area contributed by atoms with Crippen LogP contribution in [0, 0.1) is 32.6 Å². The van der Waals surface area contributed by atoms with Gasteiger partial charge in [-0.05, 0) is 33.7 Å². The smallest absolute Gasteiger partial charge is 0.135 e. The van der Waals surface area contributed by atoms with Crippen LogP contribution in [0.3, 0.4) is 0 Å². The number of aromatic nitrogens is 2. The van der Waals surface area contributed by atoms with Gasteiger partial charge in [-0.1, -0.05) is 0 Å². The van der Waals surface area contributed by atoms with E-state index in [9.17, 15) is 5.11 Å². The molecule has 0 unspecified atom stereocenters. The fourth-order valence-corrected chi connectivity index (χ4v) is 3.25. The lowest BCUT2D eigenvalue weighted by molar-refractivity contribution is 0.160. The van der Waals surface area contributed by atoms with Crippen molar-refractivity contribution in [3.8, 4) is 0 Å². The molecule has 1 aromatic heterocycles. The van der Waals surface area contributed by atoms with E-state index in [0.29, 0.717) is 12.5 Å². The number of hydrogen-bond donors (Lipinski definition) is 2. The molecule has 6 nitrogen and oxygen atoms in total. The Morgan fingerprint density at radius 2 is 1.82 bits per heavy atom. The molecular weight excluding hydrogens is 280 g/mol. The van der Waals surface area contributed by atoms with E-state index in [1.807, 2.05) is 20.9 Å². The maximum Gasteiger partial charge on any atom is 0.135 e. The number of rotatable bonds is 6. The maximum atomic E-state index is 9.70. The lowest BCUT2D eigenvalue weighted by Crippen LogP contribution is -2.33. The Hall–Kier alpha value is -1.24. The van der Waals surface area contributed by atoms with Gasteiger partial charge in [0.05, 0.1) is 6.61 Å². The molecule has 0 saturated carbocycles. The first kappa shape index (κ1) is 17.1. The average molecular weight is 308 g/mol. The quantitative estimate of drug-likeness (QED) is 0.791. The molecule has 1 fully saturated rings. The molecule has 22 heavy (non-hydrogen) atoms. The van der Waals surface area contributed by atoms with E-state index in [4.69, 9.17) is 5.11 Å². The van der Waals surface area contributed by atoms with E-state index in [2.05, 4.69) is 26.7 Å². The van der Waals surface area contributed by atoms with Crippen LogP contribution in [0.15, 0.2) is 0 Å². The summed E-state index contributed by atoms with van der Waals surface area (Å²) in [5, 5.41) is 18.7. The van der Waals surface area contributed by atoms with Crippen LogP contribution in [0.25, 0.3) is 0 Å². The summed E-state index contributed by atoms with van der Waals surface area (Å²) in [6, 6.07) is 0. The monoisotopic (exact) mass is 308 g/mol. The van der Waals surface area contributed by atoms with Crippen LogP contribution in [0.4, 0.5) is 5.82 Å². The van der Waals surface area contributed by atoms with E-state index in [1.165, 1.54) is 0 Å². The topological polar surface area (TPSA) is 72.7 Å². The zero-order chi connectivity index (χ0) is 16.3. The number of aliphatic hydroxyl groups is 2. The van der Waals surface area contributed by atoms with Crippen molar-refractivity contribution in [1.82, 2.24) is 14.9 Å². The van der Waals surface area contributed by atoms with E-state index in [-0.39, 0.29) is 19.1 Å². The summed E-state index contributed by atoms with van der Waals surface area (Å²) in [5.41, 5.74) is 2.13. The van der Waals surface area contributed by atoms with Gasteiger partial charge >= 0.3 is 0 Å². The minimum Gasteiger partial charge on any atom is -0.396 e. The van der Waals surface area contributed by atoms with Gasteiger partial charge in [-0.15, -0.1) is 0 Å². The average Bonchev–Trinajstić information content (AvgIpc) is 2.85. The third-order valence-electron chi connectivity index (χ3n) is 4.61. The summed E-state index contributed by atoms with van der Waals surface area (Å²) in [4.78, 5) is 13.4. The van der Waals surface area contributed by atoms with Gasteiger partial charge in [-0.2, -0.15) is 0 Å². The first-order valence-corrected chi connectivity index (χ1v) is 7.93. The van der Waals surface area contributed by atoms with Crippen molar-refractivity contribution in [2.45, 2.75) is 20.8 Å². The van der Waals surface area contributed by atoms with Gasteiger partial charge in [0.15, 0.2) is 0 Å². The molecule has 2 rings (SSSR count). The largest absolute Gasteiger partial charge is 0.396 e. The lowest BCUT2D eigenvalue weighted by atomic mass is 9.96. The van der Waals surface area contributed by atoms with E-state index < -0.39 is 0 Å². The second-order valence-corrected chi connectivity index (χ2v) is 6.40. The zero-order valence-corrected chi connectivity index (χ0v) is 14.1. The molecule has 1 aliphatic rings. The Labute approximate surface area is 132 Å². The minimum absolute atomic E-state index is 0.167. The summed E-state index contributed by atoms with van der Waals surface area (Å²) in [6.07, 6.45) is 0. The highest BCUT2D eigenvalue weighted by molar-refractivity contribution is 5.49. The molecule has 0 aliphatic carbocycles. The van der Waals surface area contributed by atoms with Crippen molar-refractivity contribution in [3.05, 3.63) is 17.1 Å². The van der Waals surface area contributed by atoms with Gasteiger partial charge in [0.2, 0.25) is 0 Å². The van der Waals surface area contributed by atoms with Crippen LogP contribution in [-0.2, 0) is 0 Å². The summed E-state index contributed by atoms with van der Waals surface area (Å²) in [5.74, 6) is 2.42. The zero-order valence-electron chi connectivity index (χ0n) is 14.1. The molecule has 2 atom stereocenters. The highest BCUT2D eigenvalue weighted by Gasteiger charge is 2.34. The Kier molecular flexibility index (Phi) is 5.72. The fourth-order valence-electron chi connectivity index (χ4n) is 3.25. The van der Waals surface area contributed by atoms with Crippen molar-refractivity contribution >= 4 is 5.82 Å². The van der Waals surface area contributed by atoms with Crippen molar-refractivity contribution in [3.63, 3.8) is 0 Å². The van der Waals surface area contributed by atoms with Crippen LogP contribution in [0.5, 0.6) is 0 Å². The summed E-state index contributed by atoms with van der Waals surface area (Å²) < 4.78 is 0. The molecule has 0 bridgehead atoms. The number of anilines is 1. The van der Waals surface area contributed by atoms with Gasteiger partial charge in [0.25, 0.3) is 0 Å². The molecule has 2 N–H and O–H groups in total. The van der Waals surface area contributed by atoms with Crippen LogP contribution in [0.1, 0.15) is 17.1 Å². The van der Waals surface area contributed by atoms with E-state index >= 15 is 0 Å². The summed E-state index contributed by atoms with van der Waals surface area (Å²) >= 11 is 0. The van der Waals surface area contributed by atoms with Crippen LogP contribution < -0.4 is 4.90 Å². The predicted molar refractivity (Wildman–Crippen MR) is 87.1 cm³/mol. The molecule has 0 amide bonds. The van der Waals surface area contributed by atoms with Crippen molar-refractivity contribution < 1.29 is 10.2 Å². The first-order valence-electron chi connectivity index (χ1n) is 7.93. The van der Waals surface area contributed by atoms with Gasteiger partial charge in [0.1, 0.15) is 11.6 Å². The SMILES string of the molecule is Cc1nc(C)c(C)c(N2C[C@@H](CN(C)CCO)[C@@H](CO)C2)n1. The van der Waals surface area contributed by atoms with Crippen molar-refractivity contribution in [2.24, 2.45) is 11.8 Å². The highest BCUT2D eigenvalue weighted by atomic mass is 16.3. The second-order valence-electron chi connectivity index (χ2n) is 6.40. The van der Waals surface area contributed by atoms with Gasteiger partial charge < -0.3 is 20.0 Å². The molecule has 0 radical (unpaired) electrons. The van der Waals surface area contributed by atoms with Gasteiger partial charge in [-0.25, -0.2) is 9.97 Å². The summed E-state index contributed by atoms with van der Waals surface area (Å²) in [6.45, 7) is 9.60. The molecule has 2 heterocycles. The third-order valence-corrected chi connectivity index (χ3v) is 4.61. The van der Waals surface area contributed by atoms with Gasteiger partial charge in [-0.3, -0.25) is 0 Å². The van der Waals surface area contributed by atoms with Crippen LogP contribution in [0.2, 0.25) is 0 Å². The first-order chi connectivity index (χ1) is 10.5. The standard InChI is InChI=1S/C16H28N4O2/c1-11-12(2)17-13(3)18-16(11)20-8-14(15(9-20)10-22)7-19(4)5-6-21/h14-15,21-22H,5-10H2,1-4H3/t14-,15-/m1/s1. The summed E-state index contributed by atoms with van der Waals surface area (Å²) in [7, 11) is 2.01. The van der Waals surface area contributed by atoms with Crippen LogP contribution >= 0.6 is 0 Å². The Bertz CT molecular complexity index is 509. The Balaban J connectivity index is 2.15. The predicted octanol–water partition coefficient (Wildman–Crippen LogP) is 0.371. The van der Waals surface area contributed by atoms with Gasteiger partial charge in [0, 0.05) is 50.0 Å². The number of aryl methyl sites for hydroxylation is 2. The Morgan fingerprint density at radius 3 is 2.45 bits per heavy atom. The molecule has 124 valence electrons. The van der Waals surface area contributed by atoms with E-state index in [0.717, 1.165) is 42.5 Å². The lowest BCUT2D eigenvalue weighted by Gasteiger charge is -2.23. The molecule has 1 saturated heterocycles. The fraction of sp³-hybridized carbons (Fsp3) is 0.750. The second kappa shape index (κ2) is 7.35. The molecule has 0 aromatic carbocycles. The highest BCUT2D eigenvalue weighted by Crippen LogP contribution is 2.30. The normalized spacial score (nSPS) is 21.9. The van der Waals surface area contributed by atoms with E-state index in [1.54, 1.807) is 0 Å². The van der Waals surface area contributed by atoms with Crippen molar-refractivity contribution in [1.29, 1.82) is 0 Å². The molecule has 1 aromatic rings. The molecular formula is C16H28N4O2. The number of aliphatic hydroxyl groups excluding tert-OH is 2. The molecule has 6 heteroatoms. The van der Waals surface area contributed by atoms with Crippen molar-refractivity contribution in [2.75, 3.05) is 51.3 Å². The maximum absolute atomic E-state index is 9.70.